The number of halogens is 1. The molecule has 0 unspecified atom stereocenters. The molecule has 158 valence electrons. The fourth-order valence-electron chi connectivity index (χ4n) is 3.93. The summed E-state index contributed by atoms with van der Waals surface area (Å²) in [4.78, 5) is 14.7. The van der Waals surface area contributed by atoms with Gasteiger partial charge in [-0.25, -0.2) is 17.5 Å². The lowest BCUT2D eigenvalue weighted by atomic mass is 10.1. The molecule has 0 spiro atoms. The van der Waals surface area contributed by atoms with Crippen molar-refractivity contribution >= 4 is 26.6 Å². The van der Waals surface area contributed by atoms with E-state index in [0.29, 0.717) is 36.3 Å². The van der Waals surface area contributed by atoms with Crippen molar-refractivity contribution in [1.29, 1.82) is 0 Å². The van der Waals surface area contributed by atoms with Gasteiger partial charge in [0, 0.05) is 25.7 Å². The van der Waals surface area contributed by atoms with Crippen molar-refractivity contribution in [1.82, 2.24) is 14.7 Å². The Labute approximate surface area is 174 Å². The summed E-state index contributed by atoms with van der Waals surface area (Å²) in [5, 5.41) is 4.44. The number of rotatable bonds is 4. The van der Waals surface area contributed by atoms with Crippen molar-refractivity contribution in [2.24, 2.45) is 7.05 Å². The third-order valence-electron chi connectivity index (χ3n) is 5.47. The normalized spacial score (nSPS) is 17.3. The van der Waals surface area contributed by atoms with Crippen LogP contribution in [-0.4, -0.2) is 54.5 Å². The average molecular weight is 431 g/mol. The van der Waals surface area contributed by atoms with Crippen LogP contribution in [-0.2, 0) is 16.9 Å². The van der Waals surface area contributed by atoms with Crippen molar-refractivity contribution < 1.29 is 22.3 Å². The molecule has 0 bridgehead atoms. The average Bonchev–Trinajstić information content (AvgIpc) is 3.07. The summed E-state index contributed by atoms with van der Waals surface area (Å²) in [7, 11) is -0.340. The molecule has 3 aromatic rings. The lowest BCUT2D eigenvalue weighted by Crippen LogP contribution is -2.45. The van der Waals surface area contributed by atoms with Gasteiger partial charge >= 0.3 is 0 Å². The number of aromatic nitrogens is 2. The lowest BCUT2D eigenvalue weighted by Gasteiger charge is -2.32. The zero-order valence-electron chi connectivity index (χ0n) is 16.7. The molecule has 2 aromatic carbocycles. The number of fused-ring (bicyclic) bond motifs is 1. The second-order valence-electron chi connectivity index (χ2n) is 7.38. The maximum Gasteiger partial charge on any atom is 0.253 e. The molecule has 1 aliphatic heterocycles. The Morgan fingerprint density at radius 3 is 2.63 bits per heavy atom. The summed E-state index contributed by atoms with van der Waals surface area (Å²) < 4.78 is 46.0. The molecule has 0 aliphatic carbocycles. The van der Waals surface area contributed by atoms with Crippen molar-refractivity contribution in [3.63, 3.8) is 0 Å². The van der Waals surface area contributed by atoms with Gasteiger partial charge in [0.15, 0.2) is 9.84 Å². The molecule has 7 nitrogen and oxygen atoms in total. The number of benzene rings is 2. The maximum absolute atomic E-state index is 13.2. The van der Waals surface area contributed by atoms with E-state index in [9.17, 15) is 17.6 Å². The van der Waals surface area contributed by atoms with Gasteiger partial charge in [-0.1, -0.05) is 0 Å². The van der Waals surface area contributed by atoms with E-state index in [-0.39, 0.29) is 17.3 Å². The van der Waals surface area contributed by atoms with Gasteiger partial charge in [-0.05, 0) is 55.3 Å². The fraction of sp³-hybridized carbons (Fsp3) is 0.333. The van der Waals surface area contributed by atoms with Crippen LogP contribution in [0.4, 0.5) is 4.39 Å². The van der Waals surface area contributed by atoms with E-state index in [4.69, 9.17) is 4.74 Å². The Bertz CT molecular complexity index is 1200. The standard InChI is InChI=1S/C21H22FN3O4S/c1-24-21(29-2)18-10-5-14(12-19(18)23-24)20(26)25-11-3-4-17(13-25)30(27,28)16-8-6-15(22)7-9-16/h5-10,12,17H,3-4,11,13H2,1-2H3/t17-/m1/s1. The van der Waals surface area contributed by atoms with Crippen LogP contribution in [0.15, 0.2) is 47.4 Å². The molecular formula is C21H22FN3O4S. The molecule has 2 heterocycles. The number of nitrogens with zero attached hydrogens (tertiary/aromatic N) is 3. The number of sulfone groups is 1. The van der Waals surface area contributed by atoms with Crippen LogP contribution in [0, 0.1) is 5.82 Å². The van der Waals surface area contributed by atoms with Gasteiger partial charge in [-0.2, -0.15) is 5.10 Å². The lowest BCUT2D eigenvalue weighted by molar-refractivity contribution is 0.0727. The minimum absolute atomic E-state index is 0.0743. The first-order valence-corrected chi connectivity index (χ1v) is 11.2. The van der Waals surface area contributed by atoms with Crippen molar-refractivity contribution in [2.45, 2.75) is 23.0 Å². The second-order valence-corrected chi connectivity index (χ2v) is 9.61. The molecule has 1 amide bonds. The highest BCUT2D eigenvalue weighted by molar-refractivity contribution is 7.92. The summed E-state index contributed by atoms with van der Waals surface area (Å²) in [5.74, 6) is -0.121. The SMILES string of the molecule is COc1c2ccc(C(=O)N3CCC[C@@H](S(=O)(=O)c4ccc(F)cc4)C3)cc2nn1C. The summed E-state index contributed by atoms with van der Waals surface area (Å²) in [6.07, 6.45) is 1.04. The number of carbonyl (C=O) groups is 1. The van der Waals surface area contributed by atoms with Crippen LogP contribution in [0.2, 0.25) is 0 Å². The van der Waals surface area contributed by atoms with Crippen molar-refractivity contribution in [2.75, 3.05) is 20.2 Å². The van der Waals surface area contributed by atoms with Gasteiger partial charge in [0.25, 0.3) is 5.91 Å². The molecule has 9 heteroatoms. The Balaban J connectivity index is 1.58. The zero-order chi connectivity index (χ0) is 21.5. The molecule has 1 saturated heterocycles. The third-order valence-corrected chi connectivity index (χ3v) is 7.66. The van der Waals surface area contributed by atoms with Crippen LogP contribution in [0.5, 0.6) is 5.88 Å². The molecule has 1 fully saturated rings. The van der Waals surface area contributed by atoms with Crippen LogP contribution in [0.25, 0.3) is 10.9 Å². The quantitative estimate of drug-likeness (QED) is 0.594. The summed E-state index contributed by atoms with van der Waals surface area (Å²) in [6, 6.07) is 9.99. The van der Waals surface area contributed by atoms with Crippen LogP contribution >= 0.6 is 0 Å². The number of methoxy groups -OCH3 is 1. The van der Waals surface area contributed by atoms with Crippen LogP contribution in [0.1, 0.15) is 23.2 Å². The minimum atomic E-state index is -3.66. The number of likely N-dealkylation sites (tertiary alicyclic amines) is 1. The zero-order valence-corrected chi connectivity index (χ0v) is 17.5. The maximum atomic E-state index is 13.2. The molecule has 1 atom stereocenters. The van der Waals surface area contributed by atoms with E-state index in [1.165, 1.54) is 12.1 Å². The summed E-state index contributed by atoms with van der Waals surface area (Å²) >= 11 is 0. The Kier molecular flexibility index (Phi) is 5.23. The van der Waals surface area contributed by atoms with Crippen molar-refractivity contribution in [3.8, 4) is 5.88 Å². The molecule has 30 heavy (non-hydrogen) atoms. The van der Waals surface area contributed by atoms with E-state index in [2.05, 4.69) is 5.10 Å². The second kappa shape index (κ2) is 7.71. The molecule has 1 aromatic heterocycles. The van der Waals surface area contributed by atoms with Gasteiger partial charge in [0.2, 0.25) is 5.88 Å². The fourth-order valence-corrected chi connectivity index (χ4v) is 5.68. The van der Waals surface area contributed by atoms with E-state index in [0.717, 1.165) is 17.5 Å². The summed E-state index contributed by atoms with van der Waals surface area (Å²) in [6.45, 7) is 0.583. The molecule has 1 aliphatic rings. The number of hydrogen-bond acceptors (Lipinski definition) is 5. The van der Waals surface area contributed by atoms with Gasteiger partial charge in [-0.15, -0.1) is 0 Å². The highest BCUT2D eigenvalue weighted by Gasteiger charge is 2.34. The molecule has 0 radical (unpaired) electrons. The van der Waals surface area contributed by atoms with Gasteiger partial charge in [0.05, 0.1) is 28.2 Å². The Hall–Kier alpha value is -2.94. The molecular weight excluding hydrogens is 409 g/mol. The van der Waals surface area contributed by atoms with Gasteiger partial charge in [-0.3, -0.25) is 4.79 Å². The number of amides is 1. The summed E-state index contributed by atoms with van der Waals surface area (Å²) in [5.41, 5.74) is 1.08. The first kappa shape index (κ1) is 20.3. The number of aryl methyl sites for hydroxylation is 1. The largest absolute Gasteiger partial charge is 0.481 e. The predicted octanol–water partition coefficient (Wildman–Crippen LogP) is 2.80. The third kappa shape index (κ3) is 3.54. The van der Waals surface area contributed by atoms with Crippen LogP contribution in [0.3, 0.4) is 0 Å². The van der Waals surface area contributed by atoms with Gasteiger partial charge in [0.1, 0.15) is 5.82 Å². The minimum Gasteiger partial charge on any atom is -0.481 e. The highest BCUT2D eigenvalue weighted by atomic mass is 32.2. The van der Waals surface area contributed by atoms with E-state index in [1.54, 1.807) is 41.9 Å². The number of hydrogen-bond donors (Lipinski definition) is 0. The predicted molar refractivity (Wildman–Crippen MR) is 110 cm³/mol. The Morgan fingerprint density at radius 1 is 1.20 bits per heavy atom. The molecule has 4 rings (SSSR count). The van der Waals surface area contributed by atoms with Crippen LogP contribution < -0.4 is 4.74 Å². The molecule has 0 N–H and O–H groups in total. The van der Waals surface area contributed by atoms with E-state index in [1.807, 2.05) is 0 Å². The van der Waals surface area contributed by atoms with Crippen molar-refractivity contribution in [3.05, 3.63) is 53.8 Å². The van der Waals surface area contributed by atoms with Gasteiger partial charge < -0.3 is 9.64 Å². The van der Waals surface area contributed by atoms with E-state index < -0.39 is 20.9 Å². The first-order valence-electron chi connectivity index (χ1n) is 9.61. The highest BCUT2D eigenvalue weighted by Crippen LogP contribution is 2.28. The topological polar surface area (TPSA) is 81.5 Å². The first-order chi connectivity index (χ1) is 14.3. The Morgan fingerprint density at radius 2 is 1.93 bits per heavy atom. The smallest absolute Gasteiger partial charge is 0.253 e. The molecule has 0 saturated carbocycles. The monoisotopic (exact) mass is 431 g/mol. The number of carbonyl (C=O) groups excluding carboxylic acids is 1. The number of ether oxygens (including phenoxy) is 1. The van der Waals surface area contributed by atoms with E-state index >= 15 is 0 Å². The number of piperidine rings is 1.